The number of nitrogens with zero attached hydrogens (tertiary/aromatic N) is 3. The van der Waals surface area contributed by atoms with Gasteiger partial charge in [0.2, 0.25) is 0 Å². The van der Waals surface area contributed by atoms with Gasteiger partial charge in [-0.15, -0.1) is 0 Å². The van der Waals surface area contributed by atoms with E-state index in [1.54, 1.807) is 41.1 Å². The number of H-pyrrole nitrogens is 1. The number of carboxylic acids is 1. The lowest BCUT2D eigenvalue weighted by atomic mass is 10.1. The van der Waals surface area contributed by atoms with Gasteiger partial charge in [-0.3, -0.25) is 14.7 Å². The molecule has 3 aromatic rings. The van der Waals surface area contributed by atoms with Crippen LogP contribution in [0.1, 0.15) is 22.0 Å². The molecule has 4 rings (SSSR count). The first kappa shape index (κ1) is 19.2. The van der Waals surface area contributed by atoms with E-state index in [0.717, 1.165) is 11.3 Å². The number of hydrogen-bond acceptors (Lipinski definition) is 6. The third-order valence-corrected chi connectivity index (χ3v) is 5.01. The number of benzene rings is 2. The van der Waals surface area contributed by atoms with Crippen LogP contribution >= 0.6 is 0 Å². The molecule has 1 unspecified atom stereocenters. The molecule has 0 spiro atoms. The van der Waals surface area contributed by atoms with Gasteiger partial charge in [-0.1, -0.05) is 24.3 Å². The van der Waals surface area contributed by atoms with Crippen molar-refractivity contribution in [2.75, 3.05) is 28.8 Å². The van der Waals surface area contributed by atoms with Crippen LogP contribution in [0.5, 0.6) is 0 Å². The van der Waals surface area contributed by atoms with Crippen molar-refractivity contribution >= 4 is 29.1 Å². The smallest absolute Gasteiger partial charge is 0.346 e. The number of aromatic nitrogens is 2. The molecule has 1 atom stereocenters. The van der Waals surface area contributed by atoms with Gasteiger partial charge in [0, 0.05) is 24.5 Å². The van der Waals surface area contributed by atoms with Crippen molar-refractivity contribution < 1.29 is 14.7 Å². The molecule has 1 amide bonds. The maximum atomic E-state index is 13.3. The predicted octanol–water partition coefficient (Wildman–Crippen LogP) is 2.06. The number of carboxylic acid groups (broad SMARTS) is 1. The standard InChI is InChI=1S/C21H19N5O4/c1-25(14-6-4-5-13(11-14)20(28)29)18-15-7-2-3-8-16(15)26(19(18)27)12-23-17-9-10-22-21(30)24-17/h2-11,18H,12H2,1H3,(H,28,29)(H2,22,23,24,30). The third kappa shape index (κ3) is 3.48. The van der Waals surface area contributed by atoms with Gasteiger partial charge < -0.3 is 15.3 Å². The molecule has 1 aliphatic rings. The van der Waals surface area contributed by atoms with E-state index in [4.69, 9.17) is 0 Å². The number of amides is 1. The Labute approximate surface area is 171 Å². The van der Waals surface area contributed by atoms with Gasteiger partial charge in [-0.2, -0.15) is 0 Å². The molecule has 2 heterocycles. The van der Waals surface area contributed by atoms with Crippen molar-refractivity contribution in [3.05, 3.63) is 82.4 Å². The van der Waals surface area contributed by atoms with Crippen molar-refractivity contribution in [3.63, 3.8) is 0 Å². The number of rotatable bonds is 6. The number of aromatic amines is 1. The molecule has 9 nitrogen and oxygen atoms in total. The number of nitrogens with one attached hydrogen (secondary N) is 2. The van der Waals surface area contributed by atoms with Crippen LogP contribution in [0.25, 0.3) is 0 Å². The summed E-state index contributed by atoms with van der Waals surface area (Å²) in [7, 11) is 1.76. The van der Waals surface area contributed by atoms with Gasteiger partial charge in [0.15, 0.2) is 0 Å². The van der Waals surface area contributed by atoms with E-state index in [2.05, 4.69) is 15.3 Å². The first-order valence-corrected chi connectivity index (χ1v) is 9.21. The number of para-hydroxylation sites is 1. The normalized spacial score (nSPS) is 15.0. The minimum Gasteiger partial charge on any atom is -0.478 e. The van der Waals surface area contributed by atoms with Crippen molar-refractivity contribution in [1.82, 2.24) is 9.97 Å². The molecule has 30 heavy (non-hydrogen) atoms. The predicted molar refractivity (Wildman–Crippen MR) is 112 cm³/mol. The molecule has 0 fully saturated rings. The number of likely N-dealkylation sites (N-methyl/N-ethyl adjacent to an activating group) is 1. The molecule has 2 aromatic carbocycles. The lowest BCUT2D eigenvalue weighted by Gasteiger charge is -2.27. The molecule has 0 aliphatic carbocycles. The number of carbonyl (C=O) groups excluding carboxylic acids is 1. The summed E-state index contributed by atoms with van der Waals surface area (Å²) in [5.41, 5.74) is 1.85. The minimum absolute atomic E-state index is 0.148. The molecular weight excluding hydrogens is 386 g/mol. The van der Waals surface area contributed by atoms with Crippen molar-refractivity contribution in [2.45, 2.75) is 6.04 Å². The second-order valence-corrected chi connectivity index (χ2v) is 6.82. The van der Waals surface area contributed by atoms with E-state index in [0.29, 0.717) is 11.5 Å². The summed E-state index contributed by atoms with van der Waals surface area (Å²) in [5, 5.41) is 12.3. The highest BCUT2D eigenvalue weighted by atomic mass is 16.4. The van der Waals surface area contributed by atoms with Crippen molar-refractivity contribution in [3.8, 4) is 0 Å². The van der Waals surface area contributed by atoms with Crippen LogP contribution in [-0.2, 0) is 4.79 Å². The quantitative estimate of drug-likeness (QED) is 0.574. The molecular formula is C21H19N5O4. The van der Waals surface area contributed by atoms with Crippen LogP contribution in [0, 0.1) is 0 Å². The Morgan fingerprint density at radius 2 is 2.00 bits per heavy atom. The number of carbonyl (C=O) groups is 2. The highest BCUT2D eigenvalue weighted by molar-refractivity contribution is 6.06. The Morgan fingerprint density at radius 3 is 2.77 bits per heavy atom. The van der Waals surface area contributed by atoms with E-state index in [1.807, 2.05) is 24.3 Å². The van der Waals surface area contributed by atoms with Crippen LogP contribution in [0.2, 0.25) is 0 Å². The van der Waals surface area contributed by atoms with Crippen LogP contribution in [0.15, 0.2) is 65.6 Å². The van der Waals surface area contributed by atoms with Crippen molar-refractivity contribution in [2.24, 2.45) is 0 Å². The first-order chi connectivity index (χ1) is 14.5. The third-order valence-electron chi connectivity index (χ3n) is 5.01. The van der Waals surface area contributed by atoms with Gasteiger partial charge in [-0.05, 0) is 30.3 Å². The number of aromatic carboxylic acids is 1. The molecule has 9 heteroatoms. The number of fused-ring (bicyclic) bond motifs is 1. The monoisotopic (exact) mass is 405 g/mol. The van der Waals surface area contributed by atoms with E-state index in [9.17, 15) is 19.5 Å². The molecule has 0 saturated carbocycles. The Balaban J connectivity index is 1.63. The second kappa shape index (κ2) is 7.70. The lowest BCUT2D eigenvalue weighted by molar-refractivity contribution is -0.119. The van der Waals surface area contributed by atoms with E-state index >= 15 is 0 Å². The summed E-state index contributed by atoms with van der Waals surface area (Å²) in [6.45, 7) is 0.148. The average molecular weight is 405 g/mol. The molecule has 1 aromatic heterocycles. The fourth-order valence-corrected chi connectivity index (χ4v) is 3.54. The largest absolute Gasteiger partial charge is 0.478 e. The Kier molecular flexibility index (Phi) is 4.93. The average Bonchev–Trinajstić information content (AvgIpc) is 3.03. The van der Waals surface area contributed by atoms with Crippen LogP contribution in [0.3, 0.4) is 0 Å². The SMILES string of the molecule is CN(c1cccc(C(=O)O)c1)C1C(=O)N(CNc2ccnc(=O)[nH]2)c2ccccc21. The van der Waals surface area contributed by atoms with E-state index < -0.39 is 17.7 Å². The fraction of sp³-hybridized carbons (Fsp3) is 0.143. The molecule has 0 saturated heterocycles. The summed E-state index contributed by atoms with van der Waals surface area (Å²) in [4.78, 5) is 45.5. The summed E-state index contributed by atoms with van der Waals surface area (Å²) in [6, 6.07) is 14.9. The molecule has 0 bridgehead atoms. The van der Waals surface area contributed by atoms with Crippen LogP contribution in [-0.4, -0.2) is 40.7 Å². The van der Waals surface area contributed by atoms with Crippen molar-refractivity contribution in [1.29, 1.82) is 0 Å². The molecule has 0 radical (unpaired) electrons. The van der Waals surface area contributed by atoms with Gasteiger partial charge >= 0.3 is 11.7 Å². The zero-order valence-corrected chi connectivity index (χ0v) is 16.1. The zero-order chi connectivity index (χ0) is 21.3. The van der Waals surface area contributed by atoms with Crippen LogP contribution in [0.4, 0.5) is 17.2 Å². The van der Waals surface area contributed by atoms with Crippen LogP contribution < -0.4 is 20.8 Å². The van der Waals surface area contributed by atoms with Gasteiger partial charge in [0.25, 0.3) is 5.91 Å². The highest BCUT2D eigenvalue weighted by Crippen LogP contribution is 2.40. The number of anilines is 3. The summed E-state index contributed by atoms with van der Waals surface area (Å²) in [6.07, 6.45) is 1.38. The first-order valence-electron chi connectivity index (χ1n) is 9.21. The zero-order valence-electron chi connectivity index (χ0n) is 16.1. The van der Waals surface area contributed by atoms with Gasteiger partial charge in [0.1, 0.15) is 11.9 Å². The molecule has 3 N–H and O–H groups in total. The van der Waals surface area contributed by atoms with E-state index in [-0.39, 0.29) is 18.1 Å². The topological polar surface area (TPSA) is 119 Å². The second-order valence-electron chi connectivity index (χ2n) is 6.82. The maximum absolute atomic E-state index is 13.3. The summed E-state index contributed by atoms with van der Waals surface area (Å²) >= 11 is 0. The lowest BCUT2D eigenvalue weighted by Crippen LogP contribution is -2.38. The van der Waals surface area contributed by atoms with Gasteiger partial charge in [0.05, 0.1) is 17.9 Å². The molecule has 1 aliphatic heterocycles. The highest BCUT2D eigenvalue weighted by Gasteiger charge is 2.39. The number of hydrogen-bond donors (Lipinski definition) is 3. The fourth-order valence-electron chi connectivity index (χ4n) is 3.54. The molecule has 152 valence electrons. The van der Waals surface area contributed by atoms with Gasteiger partial charge in [-0.25, -0.2) is 14.6 Å². The maximum Gasteiger partial charge on any atom is 0.346 e. The Bertz CT molecular complexity index is 1180. The van der Waals surface area contributed by atoms with E-state index in [1.165, 1.54) is 12.3 Å². The minimum atomic E-state index is -1.03. The summed E-state index contributed by atoms with van der Waals surface area (Å²) < 4.78 is 0. The Morgan fingerprint density at radius 1 is 1.20 bits per heavy atom. The Hall–Kier alpha value is -4.14. The summed E-state index contributed by atoms with van der Waals surface area (Å²) in [5.74, 6) is -0.741.